The summed E-state index contributed by atoms with van der Waals surface area (Å²) in [5.41, 5.74) is -0.718. The first-order valence-corrected chi connectivity index (χ1v) is 7.63. The highest BCUT2D eigenvalue weighted by Crippen LogP contribution is 2.42. The monoisotopic (exact) mass is 282 g/mol. The summed E-state index contributed by atoms with van der Waals surface area (Å²) in [6, 6.07) is -0.393. The lowest BCUT2D eigenvalue weighted by atomic mass is 9.87. The van der Waals surface area contributed by atoms with E-state index < -0.39 is 5.54 Å². The maximum atomic E-state index is 13.0. The smallest absolute Gasteiger partial charge is 0.249 e. The van der Waals surface area contributed by atoms with Gasteiger partial charge in [0.15, 0.2) is 0 Å². The van der Waals surface area contributed by atoms with E-state index in [0.29, 0.717) is 18.9 Å². The molecule has 2 amide bonds. The SMILES string of the molecule is CCC(COC)N1C(=O)C(C)(C2CC2)NC(=O)C1CC. The van der Waals surface area contributed by atoms with E-state index in [1.807, 2.05) is 20.8 Å². The molecule has 114 valence electrons. The van der Waals surface area contributed by atoms with Gasteiger partial charge in [0.2, 0.25) is 11.8 Å². The van der Waals surface area contributed by atoms with Crippen molar-refractivity contribution in [2.45, 2.75) is 64.1 Å². The Labute approximate surface area is 121 Å². The molecule has 1 saturated heterocycles. The van der Waals surface area contributed by atoms with Crippen molar-refractivity contribution in [3.05, 3.63) is 0 Å². The minimum atomic E-state index is -0.718. The average Bonchev–Trinajstić information content (AvgIpc) is 3.25. The standard InChI is InChI=1S/C15H26N2O3/c1-5-11(9-20-4)17-12(6-2)13(18)16-15(3,14(17)19)10-7-8-10/h10-12H,5-9H2,1-4H3,(H,16,18). The molecule has 1 N–H and O–H groups in total. The van der Waals surface area contributed by atoms with Crippen molar-refractivity contribution in [3.8, 4) is 0 Å². The molecule has 0 aromatic heterocycles. The largest absolute Gasteiger partial charge is 0.383 e. The molecule has 0 spiro atoms. The molecule has 1 aliphatic heterocycles. The minimum Gasteiger partial charge on any atom is -0.383 e. The van der Waals surface area contributed by atoms with Crippen molar-refractivity contribution in [1.29, 1.82) is 0 Å². The Hall–Kier alpha value is -1.10. The highest BCUT2D eigenvalue weighted by Gasteiger charge is 2.56. The van der Waals surface area contributed by atoms with E-state index in [4.69, 9.17) is 4.74 Å². The first-order chi connectivity index (χ1) is 9.49. The topological polar surface area (TPSA) is 58.6 Å². The van der Waals surface area contributed by atoms with Crippen LogP contribution in [0.4, 0.5) is 0 Å². The van der Waals surface area contributed by atoms with Gasteiger partial charge in [-0.15, -0.1) is 0 Å². The number of amides is 2. The van der Waals surface area contributed by atoms with Gasteiger partial charge in [-0.25, -0.2) is 0 Å². The normalized spacial score (nSPS) is 32.2. The van der Waals surface area contributed by atoms with Crippen LogP contribution in [0.1, 0.15) is 46.5 Å². The fourth-order valence-corrected chi connectivity index (χ4v) is 3.26. The molecule has 1 aliphatic carbocycles. The Morgan fingerprint density at radius 1 is 1.40 bits per heavy atom. The number of piperazine rings is 1. The second-order valence-electron chi connectivity index (χ2n) is 6.12. The third-order valence-corrected chi connectivity index (χ3v) is 4.70. The molecule has 1 saturated carbocycles. The molecule has 1 heterocycles. The van der Waals surface area contributed by atoms with Gasteiger partial charge in [0.25, 0.3) is 0 Å². The van der Waals surface area contributed by atoms with Crippen molar-refractivity contribution in [2.75, 3.05) is 13.7 Å². The van der Waals surface area contributed by atoms with Crippen molar-refractivity contribution < 1.29 is 14.3 Å². The summed E-state index contributed by atoms with van der Waals surface area (Å²) in [5.74, 6) is 0.339. The highest BCUT2D eigenvalue weighted by atomic mass is 16.5. The predicted octanol–water partition coefficient (Wildman–Crippen LogP) is 1.32. The van der Waals surface area contributed by atoms with Crippen LogP contribution in [0.3, 0.4) is 0 Å². The van der Waals surface area contributed by atoms with E-state index in [1.165, 1.54) is 0 Å². The van der Waals surface area contributed by atoms with Gasteiger partial charge in [-0.1, -0.05) is 13.8 Å². The summed E-state index contributed by atoms with van der Waals surface area (Å²) >= 11 is 0. The molecular weight excluding hydrogens is 256 g/mol. The van der Waals surface area contributed by atoms with Gasteiger partial charge in [-0.2, -0.15) is 0 Å². The molecule has 0 aromatic carbocycles. The molecule has 3 unspecified atom stereocenters. The first-order valence-electron chi connectivity index (χ1n) is 7.63. The highest BCUT2D eigenvalue weighted by molar-refractivity contribution is 6.00. The number of hydrogen-bond acceptors (Lipinski definition) is 3. The summed E-state index contributed by atoms with van der Waals surface area (Å²) in [6.07, 6.45) is 3.48. The summed E-state index contributed by atoms with van der Waals surface area (Å²) in [4.78, 5) is 27.2. The maximum Gasteiger partial charge on any atom is 0.249 e. The number of rotatable bonds is 6. The Bertz CT molecular complexity index is 395. The van der Waals surface area contributed by atoms with E-state index >= 15 is 0 Å². The second-order valence-corrected chi connectivity index (χ2v) is 6.12. The van der Waals surface area contributed by atoms with E-state index in [2.05, 4.69) is 5.32 Å². The summed E-state index contributed by atoms with van der Waals surface area (Å²) < 4.78 is 5.24. The van der Waals surface area contributed by atoms with Gasteiger partial charge >= 0.3 is 0 Å². The van der Waals surface area contributed by atoms with Crippen LogP contribution in [-0.2, 0) is 14.3 Å². The molecule has 2 fully saturated rings. The van der Waals surface area contributed by atoms with Crippen LogP contribution in [-0.4, -0.2) is 48.1 Å². The van der Waals surface area contributed by atoms with Crippen LogP contribution < -0.4 is 5.32 Å². The van der Waals surface area contributed by atoms with Gasteiger partial charge in [0.05, 0.1) is 12.6 Å². The van der Waals surface area contributed by atoms with E-state index in [-0.39, 0.29) is 23.9 Å². The second kappa shape index (κ2) is 5.72. The Balaban J connectivity index is 2.31. The summed E-state index contributed by atoms with van der Waals surface area (Å²) in [5, 5.41) is 2.99. The number of nitrogens with one attached hydrogen (secondary N) is 1. The van der Waals surface area contributed by atoms with Gasteiger partial charge in [0.1, 0.15) is 11.6 Å². The fourth-order valence-electron chi connectivity index (χ4n) is 3.26. The predicted molar refractivity (Wildman–Crippen MR) is 76.2 cm³/mol. The zero-order valence-electron chi connectivity index (χ0n) is 12.9. The summed E-state index contributed by atoms with van der Waals surface area (Å²) in [6.45, 7) is 6.34. The lowest BCUT2D eigenvalue weighted by Crippen LogP contribution is -2.72. The maximum absolute atomic E-state index is 13.0. The number of carbonyl (C=O) groups is 2. The molecule has 0 radical (unpaired) electrons. The van der Waals surface area contributed by atoms with Crippen LogP contribution >= 0.6 is 0 Å². The Morgan fingerprint density at radius 3 is 2.50 bits per heavy atom. The van der Waals surface area contributed by atoms with Crippen molar-refractivity contribution in [3.63, 3.8) is 0 Å². The molecular formula is C15H26N2O3. The molecule has 5 heteroatoms. The summed E-state index contributed by atoms with van der Waals surface area (Å²) in [7, 11) is 1.64. The molecule has 5 nitrogen and oxygen atoms in total. The molecule has 20 heavy (non-hydrogen) atoms. The zero-order valence-corrected chi connectivity index (χ0v) is 12.9. The van der Waals surface area contributed by atoms with Crippen LogP contribution in [0.5, 0.6) is 0 Å². The Morgan fingerprint density at radius 2 is 2.05 bits per heavy atom. The van der Waals surface area contributed by atoms with Crippen LogP contribution in [0.15, 0.2) is 0 Å². The lowest BCUT2D eigenvalue weighted by molar-refractivity contribution is -0.160. The number of ether oxygens (including phenoxy) is 1. The van der Waals surface area contributed by atoms with Crippen molar-refractivity contribution in [1.82, 2.24) is 10.2 Å². The number of carbonyl (C=O) groups excluding carboxylic acids is 2. The van der Waals surface area contributed by atoms with Crippen molar-refractivity contribution >= 4 is 11.8 Å². The van der Waals surface area contributed by atoms with Crippen LogP contribution in [0.2, 0.25) is 0 Å². The first kappa shape index (κ1) is 15.3. The van der Waals surface area contributed by atoms with Crippen LogP contribution in [0, 0.1) is 5.92 Å². The molecule has 0 bridgehead atoms. The van der Waals surface area contributed by atoms with E-state index in [0.717, 1.165) is 19.3 Å². The third kappa shape index (κ3) is 2.43. The van der Waals surface area contributed by atoms with Crippen LogP contribution in [0.25, 0.3) is 0 Å². The van der Waals surface area contributed by atoms with Gasteiger partial charge in [-0.3, -0.25) is 9.59 Å². The molecule has 0 aromatic rings. The Kier molecular flexibility index (Phi) is 4.37. The molecule has 2 rings (SSSR count). The fraction of sp³-hybridized carbons (Fsp3) is 0.867. The van der Waals surface area contributed by atoms with E-state index in [1.54, 1.807) is 12.0 Å². The zero-order chi connectivity index (χ0) is 14.9. The quantitative estimate of drug-likeness (QED) is 0.799. The average molecular weight is 282 g/mol. The number of hydrogen-bond donors (Lipinski definition) is 1. The van der Waals surface area contributed by atoms with Gasteiger partial charge in [-0.05, 0) is 38.5 Å². The number of nitrogens with zero attached hydrogens (tertiary/aromatic N) is 1. The van der Waals surface area contributed by atoms with Gasteiger partial charge in [0, 0.05) is 7.11 Å². The minimum absolute atomic E-state index is 0.0175. The number of methoxy groups -OCH3 is 1. The van der Waals surface area contributed by atoms with Crippen molar-refractivity contribution in [2.24, 2.45) is 5.92 Å². The van der Waals surface area contributed by atoms with E-state index in [9.17, 15) is 9.59 Å². The van der Waals surface area contributed by atoms with Gasteiger partial charge < -0.3 is 15.0 Å². The lowest BCUT2D eigenvalue weighted by Gasteiger charge is -2.47. The molecule has 2 aliphatic rings. The molecule has 3 atom stereocenters. The third-order valence-electron chi connectivity index (χ3n) is 4.70.